The fourth-order valence-corrected chi connectivity index (χ4v) is 18.4. The van der Waals surface area contributed by atoms with Crippen molar-refractivity contribution >= 4 is 88.5 Å². The topological polar surface area (TPSA) is 16.3 Å². The van der Waals surface area contributed by atoms with Gasteiger partial charge in [-0.2, -0.15) is 0 Å². The van der Waals surface area contributed by atoms with Crippen molar-refractivity contribution < 1.29 is 0 Å². The molecule has 2 heterocycles. The van der Waals surface area contributed by atoms with Crippen molar-refractivity contribution in [3.63, 3.8) is 0 Å². The molecule has 0 atom stereocenters. The van der Waals surface area contributed by atoms with Gasteiger partial charge in [-0.15, -0.1) is 0 Å². The van der Waals surface area contributed by atoms with Crippen LogP contribution in [0.4, 0.5) is 34.1 Å². The van der Waals surface area contributed by atoms with Gasteiger partial charge in [-0.25, -0.2) is 0 Å². The Morgan fingerprint density at radius 2 is 0.618 bits per heavy atom. The maximum absolute atomic E-state index is 2.46. The molecule has 4 heteroatoms. The minimum absolute atomic E-state index is 0.131. The highest BCUT2D eigenvalue weighted by molar-refractivity contribution is 6.13. The van der Waals surface area contributed by atoms with E-state index in [4.69, 9.17) is 0 Å². The van der Waals surface area contributed by atoms with Crippen LogP contribution in [0.3, 0.4) is 0 Å². The number of rotatable bonds is 13. The summed E-state index contributed by atoms with van der Waals surface area (Å²) in [5.41, 5.74) is 35.8. The van der Waals surface area contributed by atoms with Crippen LogP contribution in [0.15, 0.2) is 388 Å². The lowest BCUT2D eigenvalue weighted by Crippen LogP contribution is -2.16. The van der Waals surface area contributed by atoms with Gasteiger partial charge >= 0.3 is 0 Å². The van der Waals surface area contributed by atoms with Gasteiger partial charge < -0.3 is 18.9 Å². The van der Waals surface area contributed by atoms with Crippen LogP contribution in [0.2, 0.25) is 0 Å². The number of anilines is 6. The fourth-order valence-electron chi connectivity index (χ4n) is 18.4. The summed E-state index contributed by atoms with van der Waals surface area (Å²) in [6.45, 7) is 9.53. The second kappa shape index (κ2) is 25.4. The molecular weight excluding hydrogens is 1330 g/mol. The predicted molar refractivity (Wildman–Crippen MR) is 464 cm³/mol. The number of nitrogens with zero attached hydrogens (tertiary/aromatic N) is 4. The number of hydrogen-bond acceptors (Lipinski definition) is 2. The lowest BCUT2D eigenvalue weighted by Gasteiger charge is -2.29. The van der Waals surface area contributed by atoms with Gasteiger partial charge in [-0.3, -0.25) is 0 Å². The lowest BCUT2D eigenvalue weighted by molar-refractivity contribution is 0.660. The molecule has 17 aromatic carbocycles. The Morgan fingerprint density at radius 1 is 0.209 bits per heavy atom. The van der Waals surface area contributed by atoms with Crippen molar-refractivity contribution in [3.8, 4) is 89.3 Å². The Morgan fingerprint density at radius 3 is 1.27 bits per heavy atom. The number of aromatic nitrogens is 2. The second-order valence-corrected chi connectivity index (χ2v) is 30.8. The molecule has 0 bridgehead atoms. The molecule has 2 aromatic heterocycles. The van der Waals surface area contributed by atoms with Crippen molar-refractivity contribution in [2.75, 3.05) is 9.80 Å². The summed E-state index contributed by atoms with van der Waals surface area (Å²) in [6, 6.07) is 144. The maximum atomic E-state index is 2.46. The SMILES string of the molecule is CC1(C)c2ccccc2-c2ccc(N(c3ccc(-c4cccc(-c5ccc6c(c5)c5ccc(-c7cccc8c7-c7ccc(N(c9ccccc9)c9ccc(-c%10cccc(-c%11ccc%12c(c%11)c%11ccccc%11n%12-c%11ccccc%11)c%10)cc9)cc7C8(C)C)cc5n6-c5ccccc5)c4)cc3)c3cccc4ccccc34)cc21. The summed E-state index contributed by atoms with van der Waals surface area (Å²) in [6.07, 6.45) is 0. The Balaban J connectivity index is 0.598. The lowest BCUT2D eigenvalue weighted by atomic mass is 9.81. The molecule has 4 nitrogen and oxygen atoms in total. The maximum Gasteiger partial charge on any atom is 0.0547 e. The molecule has 0 aliphatic heterocycles. The Labute approximate surface area is 641 Å². The van der Waals surface area contributed by atoms with E-state index >= 15 is 0 Å². The van der Waals surface area contributed by atoms with Gasteiger partial charge in [-0.05, 0) is 245 Å². The summed E-state index contributed by atoms with van der Waals surface area (Å²) >= 11 is 0. The molecular formula is C106H76N4. The van der Waals surface area contributed by atoms with Gasteiger partial charge in [0, 0.05) is 77.6 Å². The van der Waals surface area contributed by atoms with Gasteiger partial charge in [0.2, 0.25) is 0 Å². The van der Waals surface area contributed by atoms with Crippen LogP contribution in [-0.2, 0) is 10.8 Å². The van der Waals surface area contributed by atoms with Crippen LogP contribution in [0, 0.1) is 0 Å². The number of fused-ring (bicyclic) bond motifs is 13. The first kappa shape index (κ1) is 64.6. The van der Waals surface area contributed by atoms with E-state index in [1.54, 1.807) is 0 Å². The smallest absolute Gasteiger partial charge is 0.0547 e. The standard InChI is InChI=1S/C106H76N4/c1-105(2)95-40-18-16-37-88(95)89-58-55-85(68-97(89)105)108(99-43-22-25-71-24-14-15-36-86(71)99)83-53-46-70(47-54-83)73-27-21-29-75(63-73)77-50-61-102-94(65-77)91-57-48-78(66-103(91)110(102)81-34-12-7-13-35-81)87-39-23-41-96-104(87)92-59-56-84(67-98(92)106(96,3)4)107(79-30-8-5-9-31-79)82-51-44-69(45-52-82)72-26-20-28-74(62-72)76-49-60-101-93(64-76)90-38-17-19-42-100(90)109(101)80-32-10-6-11-33-80/h5-68H,1-4H3. The highest BCUT2D eigenvalue weighted by atomic mass is 15.1. The van der Waals surface area contributed by atoms with Crippen molar-refractivity contribution in [3.05, 3.63) is 411 Å². The summed E-state index contributed by atoms with van der Waals surface area (Å²) in [5.74, 6) is 0. The molecule has 0 N–H and O–H groups in total. The third-order valence-electron chi connectivity index (χ3n) is 23.9. The van der Waals surface area contributed by atoms with Crippen molar-refractivity contribution in [2.24, 2.45) is 0 Å². The van der Waals surface area contributed by atoms with E-state index in [9.17, 15) is 0 Å². The van der Waals surface area contributed by atoms with Gasteiger partial charge in [0.15, 0.2) is 0 Å². The van der Waals surface area contributed by atoms with E-state index in [0.29, 0.717) is 0 Å². The third-order valence-corrected chi connectivity index (χ3v) is 23.9. The molecule has 21 rings (SSSR count). The van der Waals surface area contributed by atoms with Crippen molar-refractivity contribution in [2.45, 2.75) is 38.5 Å². The first-order chi connectivity index (χ1) is 54.1. The molecule has 19 aromatic rings. The van der Waals surface area contributed by atoms with Crippen LogP contribution in [0.25, 0.3) is 144 Å². The normalized spacial score (nSPS) is 13.1. The monoisotopic (exact) mass is 1400 g/mol. The van der Waals surface area contributed by atoms with Gasteiger partial charge in [-0.1, -0.05) is 276 Å². The summed E-state index contributed by atoms with van der Waals surface area (Å²) in [5, 5.41) is 7.35. The summed E-state index contributed by atoms with van der Waals surface area (Å²) < 4.78 is 4.84. The van der Waals surface area contributed by atoms with E-state index in [-0.39, 0.29) is 10.8 Å². The average Bonchev–Trinajstić information content (AvgIpc) is 1.56. The molecule has 0 saturated carbocycles. The number of benzene rings is 17. The highest BCUT2D eigenvalue weighted by Crippen LogP contribution is 2.56. The fraction of sp³-hybridized carbons (Fsp3) is 0.0566. The average molecular weight is 1410 g/mol. The minimum atomic E-state index is -0.286. The van der Waals surface area contributed by atoms with Crippen LogP contribution in [-0.4, -0.2) is 9.13 Å². The molecule has 0 radical (unpaired) electrons. The molecule has 0 saturated heterocycles. The van der Waals surface area contributed by atoms with E-state index < -0.39 is 0 Å². The summed E-state index contributed by atoms with van der Waals surface area (Å²) in [4.78, 5) is 4.86. The number of para-hydroxylation sites is 4. The van der Waals surface area contributed by atoms with Crippen molar-refractivity contribution in [1.29, 1.82) is 0 Å². The van der Waals surface area contributed by atoms with Crippen LogP contribution in [0.1, 0.15) is 49.9 Å². The Hall–Kier alpha value is -13.8. The molecule has 2 aliphatic rings. The molecule has 520 valence electrons. The van der Waals surface area contributed by atoms with E-state index in [0.717, 1.165) is 51.1 Å². The first-order valence-corrected chi connectivity index (χ1v) is 38.4. The van der Waals surface area contributed by atoms with Gasteiger partial charge in [0.25, 0.3) is 0 Å². The molecule has 2 aliphatic carbocycles. The molecule has 0 spiro atoms. The van der Waals surface area contributed by atoms with Crippen LogP contribution in [0.5, 0.6) is 0 Å². The van der Waals surface area contributed by atoms with Gasteiger partial charge in [0.05, 0.1) is 27.8 Å². The molecule has 0 unspecified atom stereocenters. The van der Waals surface area contributed by atoms with E-state index in [1.807, 2.05) is 0 Å². The quantitative estimate of drug-likeness (QED) is 0.114. The Bertz CT molecular complexity index is 6870. The molecule has 0 fully saturated rings. The zero-order valence-corrected chi connectivity index (χ0v) is 61.7. The largest absolute Gasteiger partial charge is 0.310 e. The highest BCUT2D eigenvalue weighted by Gasteiger charge is 2.39. The molecule has 110 heavy (non-hydrogen) atoms. The first-order valence-electron chi connectivity index (χ1n) is 38.4. The van der Waals surface area contributed by atoms with Crippen LogP contribution < -0.4 is 9.80 Å². The Kier molecular flexibility index (Phi) is 14.9. The summed E-state index contributed by atoms with van der Waals surface area (Å²) in [7, 11) is 0. The van der Waals surface area contributed by atoms with E-state index in [2.05, 4.69) is 435 Å². The number of hydrogen-bond donors (Lipinski definition) is 0. The minimum Gasteiger partial charge on any atom is -0.310 e. The molecule has 0 amide bonds. The van der Waals surface area contributed by atoms with E-state index in [1.165, 1.54) is 149 Å². The van der Waals surface area contributed by atoms with Gasteiger partial charge in [0.1, 0.15) is 0 Å². The van der Waals surface area contributed by atoms with Crippen molar-refractivity contribution in [1.82, 2.24) is 9.13 Å². The third kappa shape index (κ3) is 10.4. The predicted octanol–water partition coefficient (Wildman–Crippen LogP) is 28.9. The van der Waals surface area contributed by atoms with Crippen LogP contribution >= 0.6 is 0 Å². The zero-order chi connectivity index (χ0) is 73.3. The second-order valence-electron chi connectivity index (χ2n) is 30.8. The zero-order valence-electron chi connectivity index (χ0n) is 61.7.